The van der Waals surface area contributed by atoms with Crippen LogP contribution in [0.5, 0.6) is 11.5 Å². The molecule has 116 valence electrons. The number of fused-ring (bicyclic) bond motifs is 1. The van der Waals surface area contributed by atoms with Crippen molar-refractivity contribution in [1.29, 1.82) is 0 Å². The van der Waals surface area contributed by atoms with E-state index in [1.807, 2.05) is 30.7 Å². The number of hydrogen-bond donors (Lipinski definition) is 1. The Morgan fingerprint density at radius 2 is 2.00 bits per heavy atom. The van der Waals surface area contributed by atoms with Gasteiger partial charge in [0.2, 0.25) is 0 Å². The molecular formula is C16H18N2O4. The number of carboxylic acids is 1. The molecule has 3 rings (SSSR count). The Bertz CT molecular complexity index is 706. The molecule has 1 aromatic heterocycles. The molecule has 0 bridgehead atoms. The summed E-state index contributed by atoms with van der Waals surface area (Å²) >= 11 is 0. The fourth-order valence-electron chi connectivity index (χ4n) is 2.62. The van der Waals surface area contributed by atoms with E-state index in [4.69, 9.17) is 9.47 Å². The van der Waals surface area contributed by atoms with Gasteiger partial charge in [-0.3, -0.25) is 9.48 Å². The van der Waals surface area contributed by atoms with Gasteiger partial charge in [-0.2, -0.15) is 5.10 Å². The Morgan fingerprint density at radius 3 is 2.64 bits per heavy atom. The zero-order valence-electron chi connectivity index (χ0n) is 12.6. The Labute approximate surface area is 128 Å². The third-order valence-corrected chi connectivity index (χ3v) is 3.55. The summed E-state index contributed by atoms with van der Waals surface area (Å²) in [6.45, 7) is 5.04. The molecule has 0 saturated carbocycles. The van der Waals surface area contributed by atoms with Crippen molar-refractivity contribution in [1.82, 2.24) is 9.78 Å². The number of ether oxygens (including phenoxy) is 2. The molecule has 0 atom stereocenters. The monoisotopic (exact) mass is 302 g/mol. The molecule has 1 aliphatic heterocycles. The second-order valence-electron chi connectivity index (χ2n) is 5.48. The van der Waals surface area contributed by atoms with Gasteiger partial charge >= 0.3 is 5.97 Å². The highest BCUT2D eigenvalue weighted by molar-refractivity contribution is 5.77. The summed E-state index contributed by atoms with van der Waals surface area (Å²) in [5.41, 5.74) is 2.39. The highest BCUT2D eigenvalue weighted by Crippen LogP contribution is 2.38. The van der Waals surface area contributed by atoms with E-state index >= 15 is 0 Å². The number of benzene rings is 1. The first-order valence-electron chi connectivity index (χ1n) is 7.24. The maximum Gasteiger partial charge on any atom is 0.307 e. The van der Waals surface area contributed by atoms with Crippen molar-refractivity contribution in [2.45, 2.75) is 26.3 Å². The standard InChI is InChI=1S/C16H18N2O4/c1-10(2)18-13(3-4-17-18)12-9-15-14(21-5-6-22-15)7-11(12)8-16(19)20/h3-4,7,9-10H,5-6,8H2,1-2H3,(H,19,20). The summed E-state index contributed by atoms with van der Waals surface area (Å²) in [4.78, 5) is 11.2. The second kappa shape index (κ2) is 5.71. The lowest BCUT2D eigenvalue weighted by molar-refractivity contribution is -0.136. The van der Waals surface area contributed by atoms with Crippen molar-refractivity contribution in [2.75, 3.05) is 13.2 Å². The molecule has 0 unspecified atom stereocenters. The average molecular weight is 302 g/mol. The molecule has 0 saturated heterocycles. The molecule has 6 heteroatoms. The minimum absolute atomic E-state index is 0.0742. The Hall–Kier alpha value is -2.50. The molecule has 0 amide bonds. The van der Waals surface area contributed by atoms with E-state index in [1.54, 1.807) is 12.3 Å². The van der Waals surface area contributed by atoms with E-state index in [-0.39, 0.29) is 12.5 Å². The lowest BCUT2D eigenvalue weighted by Gasteiger charge is -2.21. The first kappa shape index (κ1) is 14.4. The maximum absolute atomic E-state index is 11.2. The number of rotatable bonds is 4. The molecule has 6 nitrogen and oxygen atoms in total. The fourth-order valence-corrected chi connectivity index (χ4v) is 2.62. The summed E-state index contributed by atoms with van der Waals surface area (Å²) in [6, 6.07) is 5.67. The fraction of sp³-hybridized carbons (Fsp3) is 0.375. The van der Waals surface area contributed by atoms with Crippen LogP contribution in [0.1, 0.15) is 25.5 Å². The number of carbonyl (C=O) groups is 1. The van der Waals surface area contributed by atoms with Gasteiger partial charge < -0.3 is 14.6 Å². The van der Waals surface area contributed by atoms with Crippen LogP contribution in [0.3, 0.4) is 0 Å². The molecule has 1 N–H and O–H groups in total. The van der Waals surface area contributed by atoms with E-state index < -0.39 is 5.97 Å². The van der Waals surface area contributed by atoms with Crippen molar-refractivity contribution >= 4 is 5.97 Å². The van der Waals surface area contributed by atoms with Crippen molar-refractivity contribution in [2.24, 2.45) is 0 Å². The highest BCUT2D eigenvalue weighted by Gasteiger charge is 2.20. The van der Waals surface area contributed by atoms with Gasteiger partial charge in [-0.25, -0.2) is 0 Å². The minimum atomic E-state index is -0.881. The first-order chi connectivity index (χ1) is 10.6. The quantitative estimate of drug-likeness (QED) is 0.939. The maximum atomic E-state index is 11.2. The van der Waals surface area contributed by atoms with Crippen LogP contribution in [0.25, 0.3) is 11.3 Å². The number of aromatic nitrogens is 2. The van der Waals surface area contributed by atoms with Crippen LogP contribution >= 0.6 is 0 Å². The summed E-state index contributed by atoms with van der Waals surface area (Å²) < 4.78 is 13.0. The second-order valence-corrected chi connectivity index (χ2v) is 5.48. The molecule has 1 aliphatic rings. The van der Waals surface area contributed by atoms with Gasteiger partial charge in [-0.1, -0.05) is 0 Å². The molecule has 0 aliphatic carbocycles. The predicted molar refractivity (Wildman–Crippen MR) is 80.4 cm³/mol. The van der Waals surface area contributed by atoms with Gasteiger partial charge in [0.05, 0.1) is 12.1 Å². The SMILES string of the molecule is CC(C)n1nccc1-c1cc2c(cc1CC(=O)O)OCCO2. The van der Waals surface area contributed by atoms with E-state index in [0.717, 1.165) is 11.3 Å². The summed E-state index contributed by atoms with van der Waals surface area (Å²) in [5.74, 6) is 0.363. The molecule has 0 radical (unpaired) electrons. The van der Waals surface area contributed by atoms with Gasteiger partial charge in [-0.05, 0) is 37.6 Å². The van der Waals surface area contributed by atoms with Crippen molar-refractivity contribution < 1.29 is 19.4 Å². The van der Waals surface area contributed by atoms with Crippen LogP contribution in [-0.4, -0.2) is 34.1 Å². The number of nitrogens with zero attached hydrogens (tertiary/aromatic N) is 2. The largest absolute Gasteiger partial charge is 0.486 e. The molecule has 22 heavy (non-hydrogen) atoms. The number of hydrogen-bond acceptors (Lipinski definition) is 4. The Kier molecular flexibility index (Phi) is 3.75. The summed E-state index contributed by atoms with van der Waals surface area (Å²) in [6.07, 6.45) is 1.64. The zero-order chi connectivity index (χ0) is 15.7. The Balaban J connectivity index is 2.15. The van der Waals surface area contributed by atoms with Crippen LogP contribution in [0.2, 0.25) is 0 Å². The summed E-state index contributed by atoms with van der Waals surface area (Å²) in [7, 11) is 0. The van der Waals surface area contributed by atoms with Crippen LogP contribution < -0.4 is 9.47 Å². The third kappa shape index (κ3) is 2.64. The predicted octanol–water partition coefficient (Wildman–Crippen LogP) is 2.53. The van der Waals surface area contributed by atoms with Crippen LogP contribution in [0.4, 0.5) is 0 Å². The normalized spacial score (nSPS) is 13.4. The van der Waals surface area contributed by atoms with Gasteiger partial charge in [0.15, 0.2) is 11.5 Å². The van der Waals surface area contributed by atoms with E-state index in [1.165, 1.54) is 0 Å². The zero-order valence-corrected chi connectivity index (χ0v) is 12.6. The molecule has 2 aromatic rings. The molecule has 1 aromatic carbocycles. The van der Waals surface area contributed by atoms with Crippen molar-refractivity contribution in [3.8, 4) is 22.8 Å². The number of carboxylic acid groups (broad SMARTS) is 1. The molecular weight excluding hydrogens is 284 g/mol. The van der Waals surface area contributed by atoms with Crippen molar-refractivity contribution in [3.05, 3.63) is 30.0 Å². The van der Waals surface area contributed by atoms with E-state index in [0.29, 0.717) is 30.3 Å². The van der Waals surface area contributed by atoms with E-state index in [2.05, 4.69) is 5.10 Å². The van der Waals surface area contributed by atoms with Crippen LogP contribution in [0.15, 0.2) is 24.4 Å². The van der Waals surface area contributed by atoms with Gasteiger partial charge in [0.25, 0.3) is 0 Å². The Morgan fingerprint density at radius 1 is 1.32 bits per heavy atom. The molecule has 0 spiro atoms. The smallest absolute Gasteiger partial charge is 0.307 e. The topological polar surface area (TPSA) is 73.6 Å². The lowest BCUT2D eigenvalue weighted by Crippen LogP contribution is -2.16. The minimum Gasteiger partial charge on any atom is -0.486 e. The molecule has 0 fully saturated rings. The first-order valence-corrected chi connectivity index (χ1v) is 7.24. The van der Waals surface area contributed by atoms with Crippen LogP contribution in [-0.2, 0) is 11.2 Å². The van der Waals surface area contributed by atoms with Gasteiger partial charge in [0, 0.05) is 17.8 Å². The summed E-state index contributed by atoms with van der Waals surface area (Å²) in [5, 5.41) is 13.5. The third-order valence-electron chi connectivity index (χ3n) is 3.55. The van der Waals surface area contributed by atoms with Crippen molar-refractivity contribution in [3.63, 3.8) is 0 Å². The van der Waals surface area contributed by atoms with Gasteiger partial charge in [0.1, 0.15) is 13.2 Å². The lowest BCUT2D eigenvalue weighted by atomic mass is 10.00. The van der Waals surface area contributed by atoms with E-state index in [9.17, 15) is 9.90 Å². The average Bonchev–Trinajstić information content (AvgIpc) is 2.95. The molecule has 2 heterocycles. The van der Waals surface area contributed by atoms with Gasteiger partial charge in [-0.15, -0.1) is 0 Å². The highest BCUT2D eigenvalue weighted by atomic mass is 16.6. The number of aliphatic carboxylic acids is 1. The van der Waals surface area contributed by atoms with Crippen LogP contribution in [0, 0.1) is 0 Å².